The second-order valence-corrected chi connectivity index (χ2v) is 8.51. The lowest BCUT2D eigenvalue weighted by Gasteiger charge is -2.35. The first-order valence-corrected chi connectivity index (χ1v) is 10.9. The predicted molar refractivity (Wildman–Crippen MR) is 116 cm³/mol. The van der Waals surface area contributed by atoms with Gasteiger partial charge in [-0.15, -0.1) is 0 Å². The number of piperidine rings is 1. The van der Waals surface area contributed by atoms with Crippen LogP contribution < -0.4 is 9.80 Å². The number of hydrogen-bond acceptors (Lipinski definition) is 5. The smallest absolute Gasteiger partial charge is 0.254 e. The van der Waals surface area contributed by atoms with Crippen LogP contribution in [0.1, 0.15) is 54.7 Å². The molecule has 0 N–H and O–H groups in total. The molecule has 7 heteroatoms. The van der Waals surface area contributed by atoms with Crippen LogP contribution in [0.5, 0.6) is 0 Å². The van der Waals surface area contributed by atoms with Gasteiger partial charge in [-0.25, -0.2) is 9.37 Å². The molecule has 0 saturated carbocycles. The van der Waals surface area contributed by atoms with Crippen LogP contribution in [0.3, 0.4) is 0 Å². The molecule has 0 bridgehead atoms. The number of benzene rings is 1. The molecule has 1 saturated heterocycles. The van der Waals surface area contributed by atoms with Crippen molar-refractivity contribution in [3.05, 3.63) is 46.9 Å². The number of aromatic nitrogens is 2. The van der Waals surface area contributed by atoms with E-state index in [1.807, 2.05) is 11.9 Å². The van der Waals surface area contributed by atoms with Crippen molar-refractivity contribution in [2.75, 3.05) is 36.5 Å². The zero-order valence-electron chi connectivity index (χ0n) is 18.1. The average molecular weight is 412 g/mol. The number of hydrogen-bond donors (Lipinski definition) is 0. The molecule has 160 valence electrons. The molecule has 2 aromatic rings. The lowest BCUT2D eigenvalue weighted by molar-refractivity contribution is 0.0733. The number of halogens is 1. The van der Waals surface area contributed by atoms with E-state index < -0.39 is 0 Å². The molecule has 4 rings (SSSR count). The molecular formula is C23H30FN5O. The fourth-order valence-corrected chi connectivity index (χ4v) is 4.10. The van der Waals surface area contributed by atoms with Gasteiger partial charge in [0.2, 0.25) is 5.95 Å². The summed E-state index contributed by atoms with van der Waals surface area (Å²) < 4.78 is 13.2. The Hall–Kier alpha value is -2.70. The molecule has 2 aliphatic heterocycles. The van der Waals surface area contributed by atoms with Crippen LogP contribution in [-0.4, -0.2) is 53.5 Å². The lowest BCUT2D eigenvalue weighted by atomic mass is 10.0. The minimum Gasteiger partial charge on any atom is -0.357 e. The zero-order valence-corrected chi connectivity index (χ0v) is 18.1. The lowest BCUT2D eigenvalue weighted by Crippen LogP contribution is -2.39. The summed E-state index contributed by atoms with van der Waals surface area (Å²) in [6, 6.07) is 6.03. The van der Waals surface area contributed by atoms with Crippen molar-refractivity contribution in [1.82, 2.24) is 14.9 Å². The van der Waals surface area contributed by atoms with Crippen molar-refractivity contribution in [1.29, 1.82) is 0 Å². The van der Waals surface area contributed by atoms with Gasteiger partial charge < -0.3 is 14.7 Å². The van der Waals surface area contributed by atoms with Gasteiger partial charge in [-0.1, -0.05) is 0 Å². The second kappa shape index (κ2) is 8.58. The number of anilines is 2. The molecular weight excluding hydrogens is 381 g/mol. The summed E-state index contributed by atoms with van der Waals surface area (Å²) in [4.78, 5) is 29.1. The molecule has 1 aromatic heterocycles. The maximum Gasteiger partial charge on any atom is 0.254 e. The Morgan fingerprint density at radius 1 is 1.07 bits per heavy atom. The summed E-state index contributed by atoms with van der Waals surface area (Å²) >= 11 is 0. The van der Waals surface area contributed by atoms with Crippen LogP contribution in [0.15, 0.2) is 24.3 Å². The Morgan fingerprint density at radius 2 is 1.77 bits per heavy atom. The van der Waals surface area contributed by atoms with Crippen molar-refractivity contribution in [3.63, 3.8) is 0 Å². The van der Waals surface area contributed by atoms with Crippen molar-refractivity contribution in [3.8, 4) is 0 Å². The minimum atomic E-state index is -0.338. The quantitative estimate of drug-likeness (QED) is 0.769. The first-order valence-electron chi connectivity index (χ1n) is 10.9. The standard InChI is InChI=1S/C23H30FN5O/c1-16(2)27(3)21-19-15-29(22(30)17-7-9-18(24)10-8-17)14-11-20(19)25-23(26-21)28-12-5-4-6-13-28/h7-10,16H,4-6,11-15H2,1-3H3. The van der Waals surface area contributed by atoms with E-state index in [-0.39, 0.29) is 17.8 Å². The van der Waals surface area contributed by atoms with Gasteiger partial charge >= 0.3 is 0 Å². The average Bonchev–Trinajstić information content (AvgIpc) is 2.78. The molecule has 6 nitrogen and oxygen atoms in total. The normalized spacial score (nSPS) is 16.6. The van der Waals surface area contributed by atoms with Crippen LogP contribution in [0.4, 0.5) is 16.2 Å². The summed E-state index contributed by atoms with van der Waals surface area (Å²) in [5.74, 6) is 1.30. The van der Waals surface area contributed by atoms with E-state index >= 15 is 0 Å². The van der Waals surface area contributed by atoms with Crippen molar-refractivity contribution >= 4 is 17.7 Å². The molecule has 0 spiro atoms. The molecule has 0 atom stereocenters. The highest BCUT2D eigenvalue weighted by molar-refractivity contribution is 5.94. The number of rotatable bonds is 4. The summed E-state index contributed by atoms with van der Waals surface area (Å²) in [7, 11) is 2.05. The topological polar surface area (TPSA) is 52.6 Å². The van der Waals surface area contributed by atoms with Gasteiger partial charge in [-0.3, -0.25) is 4.79 Å². The van der Waals surface area contributed by atoms with Gasteiger partial charge in [0, 0.05) is 50.3 Å². The third kappa shape index (κ3) is 4.11. The maximum atomic E-state index is 13.2. The molecule has 0 radical (unpaired) electrons. The van der Waals surface area contributed by atoms with Crippen LogP contribution in [-0.2, 0) is 13.0 Å². The number of fused-ring (bicyclic) bond motifs is 1. The number of carbonyl (C=O) groups excluding carboxylic acids is 1. The Bertz CT molecular complexity index is 909. The zero-order chi connectivity index (χ0) is 21.3. The van der Waals surface area contributed by atoms with Gasteiger partial charge in [0.05, 0.1) is 12.2 Å². The van der Waals surface area contributed by atoms with E-state index in [9.17, 15) is 9.18 Å². The first-order chi connectivity index (χ1) is 14.4. The minimum absolute atomic E-state index is 0.0843. The van der Waals surface area contributed by atoms with E-state index in [1.165, 1.54) is 31.4 Å². The van der Waals surface area contributed by atoms with Gasteiger partial charge in [0.25, 0.3) is 5.91 Å². The second-order valence-electron chi connectivity index (χ2n) is 8.51. The molecule has 3 heterocycles. The first kappa shape index (κ1) is 20.6. The molecule has 30 heavy (non-hydrogen) atoms. The third-order valence-corrected chi connectivity index (χ3v) is 6.15. The molecule has 0 unspecified atom stereocenters. The highest BCUT2D eigenvalue weighted by Gasteiger charge is 2.29. The van der Waals surface area contributed by atoms with Crippen molar-refractivity contribution in [2.45, 2.75) is 52.1 Å². The van der Waals surface area contributed by atoms with Crippen LogP contribution in [0.2, 0.25) is 0 Å². The van der Waals surface area contributed by atoms with Crippen LogP contribution in [0.25, 0.3) is 0 Å². The van der Waals surface area contributed by atoms with E-state index in [1.54, 1.807) is 12.1 Å². The highest BCUT2D eigenvalue weighted by Crippen LogP contribution is 2.31. The third-order valence-electron chi connectivity index (χ3n) is 6.15. The molecule has 1 amide bonds. The number of carbonyl (C=O) groups is 1. The monoisotopic (exact) mass is 411 g/mol. The predicted octanol–water partition coefficient (Wildman–Crippen LogP) is 3.65. The summed E-state index contributed by atoms with van der Waals surface area (Å²) in [6.07, 6.45) is 4.32. The number of nitrogens with zero attached hydrogens (tertiary/aromatic N) is 5. The SMILES string of the molecule is CC(C)N(C)c1nc(N2CCCCC2)nc2c1CN(C(=O)c1ccc(F)cc1)CC2. The molecule has 0 aliphatic carbocycles. The molecule has 1 aromatic carbocycles. The summed E-state index contributed by atoms with van der Waals surface area (Å²) in [5, 5.41) is 0. The number of amides is 1. The summed E-state index contributed by atoms with van der Waals surface area (Å²) in [6.45, 7) is 7.35. The fraction of sp³-hybridized carbons (Fsp3) is 0.522. The molecule has 2 aliphatic rings. The highest BCUT2D eigenvalue weighted by atomic mass is 19.1. The Kier molecular flexibility index (Phi) is 5.88. The van der Waals surface area contributed by atoms with E-state index in [0.29, 0.717) is 25.1 Å². The Morgan fingerprint density at radius 3 is 2.43 bits per heavy atom. The van der Waals surface area contributed by atoms with Crippen LogP contribution in [0, 0.1) is 5.82 Å². The fourth-order valence-electron chi connectivity index (χ4n) is 4.10. The Balaban J connectivity index is 1.66. The maximum absolute atomic E-state index is 13.2. The Labute approximate surface area is 177 Å². The van der Waals surface area contributed by atoms with Crippen LogP contribution >= 0.6 is 0 Å². The van der Waals surface area contributed by atoms with Gasteiger partial charge in [0.1, 0.15) is 11.6 Å². The van der Waals surface area contributed by atoms with Crippen molar-refractivity contribution < 1.29 is 9.18 Å². The van der Waals surface area contributed by atoms with E-state index in [0.717, 1.165) is 36.1 Å². The van der Waals surface area contributed by atoms with Gasteiger partial charge in [-0.05, 0) is 57.4 Å². The van der Waals surface area contributed by atoms with Gasteiger partial charge in [-0.2, -0.15) is 4.98 Å². The van der Waals surface area contributed by atoms with Gasteiger partial charge in [0.15, 0.2) is 0 Å². The summed E-state index contributed by atoms with van der Waals surface area (Å²) in [5.41, 5.74) is 2.56. The molecule has 1 fully saturated rings. The van der Waals surface area contributed by atoms with E-state index in [4.69, 9.17) is 9.97 Å². The van der Waals surface area contributed by atoms with Crippen molar-refractivity contribution in [2.24, 2.45) is 0 Å². The largest absolute Gasteiger partial charge is 0.357 e. The van der Waals surface area contributed by atoms with E-state index in [2.05, 4.69) is 23.6 Å².